The van der Waals surface area contributed by atoms with Gasteiger partial charge in [0.1, 0.15) is 17.0 Å². The van der Waals surface area contributed by atoms with Gasteiger partial charge in [0.25, 0.3) is 5.91 Å². The molecular formula is C25H24F3N7O3. The molecule has 1 aliphatic heterocycles. The molecule has 0 atom stereocenters. The van der Waals surface area contributed by atoms with E-state index in [1.54, 1.807) is 24.5 Å². The summed E-state index contributed by atoms with van der Waals surface area (Å²) >= 11 is 0. The highest BCUT2D eigenvalue weighted by molar-refractivity contribution is 5.98. The van der Waals surface area contributed by atoms with Crippen LogP contribution >= 0.6 is 0 Å². The molecule has 198 valence electrons. The fraction of sp³-hybridized carbons (Fsp3) is 0.320. The number of carbonyl (C=O) groups excluding carboxylic acids is 1. The molecule has 3 N–H and O–H groups in total. The molecule has 0 saturated carbocycles. The first-order valence-corrected chi connectivity index (χ1v) is 11.9. The Morgan fingerprint density at radius 1 is 1.16 bits per heavy atom. The van der Waals surface area contributed by atoms with Crippen molar-refractivity contribution >= 4 is 22.8 Å². The van der Waals surface area contributed by atoms with Gasteiger partial charge in [-0.25, -0.2) is 19.9 Å². The number of alkyl halides is 3. The minimum atomic E-state index is -4.62. The molecule has 1 fully saturated rings. The van der Waals surface area contributed by atoms with Gasteiger partial charge >= 0.3 is 6.18 Å². The maximum Gasteiger partial charge on any atom is 0.433 e. The van der Waals surface area contributed by atoms with Gasteiger partial charge < -0.3 is 25.1 Å². The van der Waals surface area contributed by atoms with E-state index in [0.29, 0.717) is 42.8 Å². The standard InChI is InChI=1S/C25H24F3N7O3/c1-37-17-5-3-16(15-4-6-19(25(26,27)28)33-20(15)17)23-34-21(18(13-29)38-23)22(36)32-14-7-11-35(12-8-14)24-30-9-2-10-31-24/h2-6,9-10,14H,7-8,11-13,29H2,1H3,(H,32,36). The monoisotopic (exact) mass is 527 g/mol. The Hall–Kier alpha value is -4.26. The molecule has 4 heterocycles. The van der Waals surface area contributed by atoms with E-state index in [2.05, 4.69) is 30.2 Å². The Balaban J connectivity index is 1.38. The second kappa shape index (κ2) is 10.2. The number of amides is 1. The molecular weight excluding hydrogens is 503 g/mol. The van der Waals surface area contributed by atoms with Crippen LogP contribution in [0.4, 0.5) is 19.1 Å². The Morgan fingerprint density at radius 3 is 2.55 bits per heavy atom. The van der Waals surface area contributed by atoms with Gasteiger partial charge in [-0.1, -0.05) is 0 Å². The number of hydrogen-bond acceptors (Lipinski definition) is 9. The smallest absolute Gasteiger partial charge is 0.433 e. The van der Waals surface area contributed by atoms with Crippen LogP contribution in [-0.4, -0.2) is 52.1 Å². The summed E-state index contributed by atoms with van der Waals surface area (Å²) in [6.07, 6.45) is 0.112. The van der Waals surface area contributed by atoms with Gasteiger partial charge in [0, 0.05) is 42.5 Å². The topological polar surface area (TPSA) is 132 Å². The molecule has 0 unspecified atom stereocenters. The van der Waals surface area contributed by atoms with Crippen LogP contribution in [-0.2, 0) is 12.7 Å². The number of fused-ring (bicyclic) bond motifs is 1. The molecule has 1 saturated heterocycles. The number of piperidine rings is 1. The van der Waals surface area contributed by atoms with Crippen molar-refractivity contribution < 1.29 is 27.1 Å². The second-order valence-corrected chi connectivity index (χ2v) is 8.68. The number of benzene rings is 1. The lowest BCUT2D eigenvalue weighted by Gasteiger charge is -2.32. The summed E-state index contributed by atoms with van der Waals surface area (Å²) in [4.78, 5) is 31.8. The number of anilines is 1. The number of oxazole rings is 1. The third kappa shape index (κ3) is 4.96. The van der Waals surface area contributed by atoms with Crippen molar-refractivity contribution in [3.63, 3.8) is 0 Å². The number of nitrogens with two attached hydrogens (primary N) is 1. The molecule has 0 spiro atoms. The first kappa shape index (κ1) is 25.4. The van der Waals surface area contributed by atoms with E-state index in [0.717, 1.165) is 6.07 Å². The van der Waals surface area contributed by atoms with E-state index >= 15 is 0 Å². The molecule has 1 aliphatic rings. The predicted octanol–water partition coefficient (Wildman–Crippen LogP) is 3.56. The van der Waals surface area contributed by atoms with E-state index in [-0.39, 0.29) is 41.2 Å². The van der Waals surface area contributed by atoms with Gasteiger partial charge in [0.15, 0.2) is 11.5 Å². The summed E-state index contributed by atoms with van der Waals surface area (Å²) in [6, 6.07) is 6.87. The molecule has 1 aromatic carbocycles. The Kier molecular flexibility index (Phi) is 6.85. The highest BCUT2D eigenvalue weighted by Gasteiger charge is 2.33. The van der Waals surface area contributed by atoms with Gasteiger partial charge in [-0.3, -0.25) is 4.79 Å². The second-order valence-electron chi connectivity index (χ2n) is 8.68. The number of nitrogens with one attached hydrogen (secondary N) is 1. The van der Waals surface area contributed by atoms with Crippen molar-refractivity contribution in [1.82, 2.24) is 25.3 Å². The van der Waals surface area contributed by atoms with Crippen molar-refractivity contribution in [3.8, 4) is 17.2 Å². The number of carbonyl (C=O) groups is 1. The molecule has 13 heteroatoms. The van der Waals surface area contributed by atoms with Crippen LogP contribution in [0.3, 0.4) is 0 Å². The molecule has 0 bridgehead atoms. The number of nitrogens with zero attached hydrogens (tertiary/aromatic N) is 5. The van der Waals surface area contributed by atoms with Gasteiger partial charge in [0.2, 0.25) is 11.8 Å². The molecule has 3 aromatic heterocycles. The lowest BCUT2D eigenvalue weighted by Crippen LogP contribution is -2.45. The van der Waals surface area contributed by atoms with Crippen LogP contribution in [0, 0.1) is 0 Å². The van der Waals surface area contributed by atoms with Crippen molar-refractivity contribution in [1.29, 1.82) is 0 Å². The third-order valence-electron chi connectivity index (χ3n) is 6.32. The zero-order chi connectivity index (χ0) is 26.9. The molecule has 5 rings (SSSR count). The quantitative estimate of drug-likeness (QED) is 0.386. The van der Waals surface area contributed by atoms with Crippen molar-refractivity contribution in [2.75, 3.05) is 25.1 Å². The molecule has 0 radical (unpaired) electrons. The van der Waals surface area contributed by atoms with Crippen LogP contribution in [0.5, 0.6) is 5.75 Å². The van der Waals surface area contributed by atoms with Crippen LogP contribution in [0.2, 0.25) is 0 Å². The van der Waals surface area contributed by atoms with E-state index in [1.807, 2.05) is 0 Å². The van der Waals surface area contributed by atoms with Crippen LogP contribution < -0.4 is 20.7 Å². The number of rotatable bonds is 6. The number of aromatic nitrogens is 4. The molecule has 10 nitrogen and oxygen atoms in total. The number of pyridine rings is 1. The fourth-order valence-corrected chi connectivity index (χ4v) is 4.42. The summed E-state index contributed by atoms with van der Waals surface area (Å²) in [5, 5.41) is 3.31. The molecule has 4 aromatic rings. The average Bonchev–Trinajstić information content (AvgIpc) is 3.37. The summed E-state index contributed by atoms with van der Waals surface area (Å²) in [5.74, 6) is 0.570. The largest absolute Gasteiger partial charge is 0.494 e. The lowest BCUT2D eigenvalue weighted by molar-refractivity contribution is -0.140. The number of methoxy groups -OCH3 is 1. The third-order valence-corrected chi connectivity index (χ3v) is 6.32. The average molecular weight is 528 g/mol. The summed E-state index contributed by atoms with van der Waals surface area (Å²) in [6.45, 7) is 1.26. The van der Waals surface area contributed by atoms with Gasteiger partial charge in [-0.05, 0) is 43.2 Å². The SMILES string of the molecule is COc1ccc(-c2nc(C(=O)NC3CCN(c4ncccn4)CC3)c(CN)o2)c2ccc(C(F)(F)F)nc12. The van der Waals surface area contributed by atoms with Gasteiger partial charge in [-0.15, -0.1) is 0 Å². The Labute approximate surface area is 215 Å². The molecule has 1 amide bonds. The number of hydrogen-bond donors (Lipinski definition) is 2. The van der Waals surface area contributed by atoms with E-state index < -0.39 is 17.8 Å². The first-order chi connectivity index (χ1) is 18.3. The van der Waals surface area contributed by atoms with Gasteiger partial charge in [-0.2, -0.15) is 13.2 Å². The summed E-state index contributed by atoms with van der Waals surface area (Å²) in [5.41, 5.74) is 5.15. The zero-order valence-corrected chi connectivity index (χ0v) is 20.3. The highest BCUT2D eigenvalue weighted by Crippen LogP contribution is 2.37. The van der Waals surface area contributed by atoms with Crippen molar-refractivity contribution in [3.05, 3.63) is 59.9 Å². The highest BCUT2D eigenvalue weighted by atomic mass is 19.4. The predicted molar refractivity (Wildman–Crippen MR) is 131 cm³/mol. The van der Waals surface area contributed by atoms with Crippen LogP contribution in [0.15, 0.2) is 47.1 Å². The zero-order valence-electron chi connectivity index (χ0n) is 20.3. The van der Waals surface area contributed by atoms with E-state index in [1.165, 1.54) is 19.2 Å². The van der Waals surface area contributed by atoms with Crippen molar-refractivity contribution in [2.45, 2.75) is 31.6 Å². The summed E-state index contributed by atoms with van der Waals surface area (Å²) < 4.78 is 50.8. The number of halogens is 3. The van der Waals surface area contributed by atoms with E-state index in [4.69, 9.17) is 14.9 Å². The first-order valence-electron chi connectivity index (χ1n) is 11.9. The maximum atomic E-state index is 13.3. The van der Waals surface area contributed by atoms with E-state index in [9.17, 15) is 18.0 Å². The number of ether oxygens (including phenoxy) is 1. The minimum absolute atomic E-state index is 0.00696. The normalized spacial score (nSPS) is 14.6. The Morgan fingerprint density at radius 2 is 1.89 bits per heavy atom. The van der Waals surface area contributed by atoms with Crippen molar-refractivity contribution in [2.24, 2.45) is 5.73 Å². The summed E-state index contributed by atoms with van der Waals surface area (Å²) in [7, 11) is 1.34. The Bertz CT molecular complexity index is 1450. The molecule has 0 aliphatic carbocycles. The van der Waals surface area contributed by atoms with Gasteiger partial charge in [0.05, 0.1) is 13.7 Å². The van der Waals surface area contributed by atoms with Crippen LogP contribution in [0.1, 0.15) is 34.8 Å². The maximum absolute atomic E-state index is 13.3. The van der Waals surface area contributed by atoms with Crippen LogP contribution in [0.25, 0.3) is 22.4 Å². The minimum Gasteiger partial charge on any atom is -0.494 e. The lowest BCUT2D eigenvalue weighted by atomic mass is 10.1. The fourth-order valence-electron chi connectivity index (χ4n) is 4.42. The molecule has 38 heavy (non-hydrogen) atoms.